The predicted octanol–water partition coefficient (Wildman–Crippen LogP) is 0.727. The van der Waals surface area contributed by atoms with Gasteiger partial charge in [-0.1, -0.05) is 0 Å². The van der Waals surface area contributed by atoms with Crippen LogP contribution in [-0.2, 0) is 11.2 Å². The Hall–Kier alpha value is -1.31. The highest BCUT2D eigenvalue weighted by Gasteiger charge is 2.16. The average molecular weight is 187 g/mol. The van der Waals surface area contributed by atoms with Crippen LogP contribution in [0.1, 0.15) is 25.3 Å². The second-order valence-corrected chi connectivity index (χ2v) is 4.00. The molecule has 2 heterocycles. The maximum Gasteiger partial charge on any atom is 0.106 e. The van der Waals surface area contributed by atoms with Gasteiger partial charge in [0, 0.05) is 24.3 Å². The molecule has 2 nitrogen and oxygen atoms in total. The van der Waals surface area contributed by atoms with E-state index in [0.717, 1.165) is 25.9 Å². The normalized spacial score (nSPS) is 18.9. The maximum atomic E-state index is 5.70. The summed E-state index contributed by atoms with van der Waals surface area (Å²) < 4.78 is 5.70. The van der Waals surface area contributed by atoms with Crippen molar-refractivity contribution >= 4 is 11.3 Å². The van der Waals surface area contributed by atoms with E-state index in [1.807, 2.05) is 6.20 Å². The molecular weight excluding hydrogens is 174 g/mol. The minimum absolute atomic E-state index is 0.838. The molecule has 0 unspecified atom stereocenters. The van der Waals surface area contributed by atoms with Crippen LogP contribution in [0.2, 0.25) is 0 Å². The largest absolute Gasteiger partial charge is 0.497 e. The van der Waals surface area contributed by atoms with Gasteiger partial charge in [-0.05, 0) is 30.5 Å². The molecule has 0 atom stereocenters. The summed E-state index contributed by atoms with van der Waals surface area (Å²) >= 11 is 0. The SMILES string of the molecule is CC1=c2nccc3c2=C(CC1)OCC3. The van der Waals surface area contributed by atoms with Crippen LogP contribution in [0.3, 0.4) is 0 Å². The standard InChI is InChI=1S/C12H13NO/c1-8-2-3-10-11-9(5-7-14-10)4-6-13-12(8)11/h4,6H,2-3,5,7H2,1H3. The van der Waals surface area contributed by atoms with Gasteiger partial charge in [0.2, 0.25) is 0 Å². The molecule has 0 bridgehead atoms. The molecule has 1 aromatic heterocycles. The Morgan fingerprint density at radius 1 is 1.29 bits per heavy atom. The van der Waals surface area contributed by atoms with Gasteiger partial charge in [-0.2, -0.15) is 0 Å². The third-order valence-corrected chi connectivity index (χ3v) is 3.10. The summed E-state index contributed by atoms with van der Waals surface area (Å²) in [5.74, 6) is 1.17. The van der Waals surface area contributed by atoms with Crippen molar-refractivity contribution in [3.8, 4) is 0 Å². The Kier molecular flexibility index (Phi) is 1.63. The molecule has 0 fully saturated rings. The summed E-state index contributed by atoms with van der Waals surface area (Å²) in [6.07, 6.45) is 5.10. The number of hydrogen-bond donors (Lipinski definition) is 0. The Bertz CT molecular complexity index is 502. The molecule has 0 N–H and O–H groups in total. The Labute approximate surface area is 82.9 Å². The van der Waals surface area contributed by atoms with Gasteiger partial charge >= 0.3 is 0 Å². The molecule has 14 heavy (non-hydrogen) atoms. The van der Waals surface area contributed by atoms with Crippen molar-refractivity contribution in [3.05, 3.63) is 28.4 Å². The van der Waals surface area contributed by atoms with Gasteiger partial charge < -0.3 is 4.74 Å². The van der Waals surface area contributed by atoms with Gasteiger partial charge in [-0.25, -0.2) is 0 Å². The average Bonchev–Trinajstić information content (AvgIpc) is 2.24. The lowest BCUT2D eigenvalue weighted by Crippen LogP contribution is -2.40. The first kappa shape index (κ1) is 8.04. The molecule has 72 valence electrons. The van der Waals surface area contributed by atoms with E-state index in [1.54, 1.807) is 0 Å². The molecule has 0 amide bonds. The van der Waals surface area contributed by atoms with Crippen LogP contribution in [0.4, 0.5) is 0 Å². The molecule has 1 aliphatic heterocycles. The topological polar surface area (TPSA) is 22.1 Å². The van der Waals surface area contributed by atoms with E-state index in [0.29, 0.717) is 0 Å². The van der Waals surface area contributed by atoms with Crippen molar-refractivity contribution in [1.29, 1.82) is 0 Å². The van der Waals surface area contributed by atoms with E-state index in [9.17, 15) is 0 Å². The monoisotopic (exact) mass is 187 g/mol. The first-order chi connectivity index (χ1) is 6.86. The molecule has 1 aromatic rings. The highest BCUT2D eigenvalue weighted by molar-refractivity contribution is 5.54. The Morgan fingerprint density at radius 3 is 3.14 bits per heavy atom. The smallest absolute Gasteiger partial charge is 0.106 e. The molecule has 2 heteroatoms. The van der Waals surface area contributed by atoms with Gasteiger partial charge in [0.1, 0.15) is 5.76 Å². The van der Waals surface area contributed by atoms with Gasteiger partial charge in [-0.15, -0.1) is 0 Å². The van der Waals surface area contributed by atoms with Gasteiger partial charge in [0.15, 0.2) is 0 Å². The lowest BCUT2D eigenvalue weighted by atomic mass is 9.97. The van der Waals surface area contributed by atoms with E-state index in [-0.39, 0.29) is 0 Å². The van der Waals surface area contributed by atoms with Gasteiger partial charge in [0.25, 0.3) is 0 Å². The number of ether oxygens (including phenoxy) is 1. The Balaban J connectivity index is 2.52. The summed E-state index contributed by atoms with van der Waals surface area (Å²) in [6.45, 7) is 3.01. The first-order valence-corrected chi connectivity index (χ1v) is 5.16. The van der Waals surface area contributed by atoms with Crippen LogP contribution < -0.4 is 10.6 Å². The van der Waals surface area contributed by atoms with Crippen molar-refractivity contribution in [2.75, 3.05) is 6.61 Å². The van der Waals surface area contributed by atoms with Crippen LogP contribution in [0.5, 0.6) is 0 Å². The molecule has 0 aromatic carbocycles. The van der Waals surface area contributed by atoms with Crippen molar-refractivity contribution in [1.82, 2.24) is 4.98 Å². The molecule has 2 aliphatic rings. The lowest BCUT2D eigenvalue weighted by Gasteiger charge is -2.21. The summed E-state index contributed by atoms with van der Waals surface area (Å²) in [7, 11) is 0. The molecule has 0 saturated carbocycles. The molecule has 0 saturated heterocycles. The molecule has 3 rings (SSSR count). The van der Waals surface area contributed by atoms with Crippen molar-refractivity contribution in [2.45, 2.75) is 26.2 Å². The van der Waals surface area contributed by atoms with Gasteiger partial charge in [0.05, 0.1) is 12.0 Å². The number of nitrogens with zero attached hydrogens (tertiary/aromatic N) is 1. The molecule has 1 aliphatic carbocycles. The zero-order valence-electron chi connectivity index (χ0n) is 8.34. The van der Waals surface area contributed by atoms with Crippen molar-refractivity contribution in [2.24, 2.45) is 0 Å². The van der Waals surface area contributed by atoms with Crippen LogP contribution in [0, 0.1) is 0 Å². The predicted molar refractivity (Wildman–Crippen MR) is 54.9 cm³/mol. The van der Waals surface area contributed by atoms with E-state index >= 15 is 0 Å². The summed E-state index contributed by atoms with van der Waals surface area (Å²) in [6, 6.07) is 2.12. The fraction of sp³-hybridized carbons (Fsp3) is 0.417. The number of aromatic nitrogens is 1. The van der Waals surface area contributed by atoms with E-state index in [2.05, 4.69) is 18.0 Å². The first-order valence-electron chi connectivity index (χ1n) is 5.16. The number of hydrogen-bond acceptors (Lipinski definition) is 2. The van der Waals surface area contributed by atoms with Crippen molar-refractivity contribution < 1.29 is 4.74 Å². The van der Waals surface area contributed by atoms with E-state index in [4.69, 9.17) is 4.74 Å². The van der Waals surface area contributed by atoms with E-state index < -0.39 is 0 Å². The summed E-state index contributed by atoms with van der Waals surface area (Å²) in [4.78, 5) is 4.46. The molecule has 0 radical (unpaired) electrons. The fourth-order valence-corrected chi connectivity index (χ4v) is 2.32. The summed E-state index contributed by atoms with van der Waals surface area (Å²) in [5.41, 5.74) is 2.81. The second kappa shape index (κ2) is 2.84. The van der Waals surface area contributed by atoms with E-state index in [1.165, 1.54) is 27.5 Å². The zero-order chi connectivity index (χ0) is 9.54. The third kappa shape index (κ3) is 0.999. The molecule has 0 spiro atoms. The quantitative estimate of drug-likeness (QED) is 0.597. The van der Waals surface area contributed by atoms with Crippen LogP contribution in [0.15, 0.2) is 12.3 Å². The lowest BCUT2D eigenvalue weighted by molar-refractivity contribution is 0.255. The molecular formula is C12H13NO. The summed E-state index contributed by atoms with van der Waals surface area (Å²) in [5, 5.41) is 2.46. The highest BCUT2D eigenvalue weighted by Crippen LogP contribution is 2.18. The van der Waals surface area contributed by atoms with Crippen LogP contribution in [0.25, 0.3) is 11.3 Å². The number of pyridine rings is 1. The maximum absolute atomic E-state index is 5.70. The minimum atomic E-state index is 0.838. The number of rotatable bonds is 0. The Morgan fingerprint density at radius 2 is 2.21 bits per heavy atom. The zero-order valence-corrected chi connectivity index (χ0v) is 8.34. The third-order valence-electron chi connectivity index (χ3n) is 3.10. The van der Waals surface area contributed by atoms with Gasteiger partial charge in [-0.3, -0.25) is 4.98 Å². The highest BCUT2D eigenvalue weighted by atomic mass is 16.5. The fourth-order valence-electron chi connectivity index (χ4n) is 2.32. The van der Waals surface area contributed by atoms with Crippen LogP contribution >= 0.6 is 0 Å². The second-order valence-electron chi connectivity index (χ2n) is 4.00. The van der Waals surface area contributed by atoms with Crippen LogP contribution in [-0.4, -0.2) is 11.6 Å². The van der Waals surface area contributed by atoms with Crippen molar-refractivity contribution in [3.63, 3.8) is 0 Å². The minimum Gasteiger partial charge on any atom is -0.497 e.